The molecule has 0 radical (unpaired) electrons. The summed E-state index contributed by atoms with van der Waals surface area (Å²) in [6.07, 6.45) is 8.66. The molecule has 3 fully saturated rings. The van der Waals surface area contributed by atoms with E-state index in [4.69, 9.17) is 0 Å². The molecule has 2 saturated carbocycles. The van der Waals surface area contributed by atoms with Crippen molar-refractivity contribution in [3.8, 4) is 0 Å². The first-order valence-electron chi connectivity index (χ1n) is 6.74. The van der Waals surface area contributed by atoms with Crippen molar-refractivity contribution in [2.24, 2.45) is 5.92 Å². The van der Waals surface area contributed by atoms with Crippen LogP contribution in [0.2, 0.25) is 0 Å². The normalized spacial score (nSPS) is 36.4. The molecule has 1 atom stereocenters. The van der Waals surface area contributed by atoms with E-state index < -0.39 is 0 Å². The molecule has 1 aliphatic heterocycles. The predicted molar refractivity (Wildman–Crippen MR) is 63.0 cm³/mol. The fourth-order valence-electron chi connectivity index (χ4n) is 2.95. The van der Waals surface area contributed by atoms with E-state index in [0.717, 1.165) is 12.0 Å². The molecule has 3 rings (SSSR count). The third kappa shape index (κ3) is 2.54. The summed E-state index contributed by atoms with van der Waals surface area (Å²) in [7, 11) is 0. The minimum atomic E-state index is 0.428. The molecule has 2 aliphatic carbocycles. The fourth-order valence-corrected chi connectivity index (χ4v) is 2.95. The fraction of sp³-hybridized carbons (Fsp3) is 1.00. The van der Waals surface area contributed by atoms with Gasteiger partial charge in [-0.25, -0.2) is 0 Å². The maximum absolute atomic E-state index is 3.70. The van der Waals surface area contributed by atoms with Gasteiger partial charge < -0.3 is 5.32 Å². The molecule has 1 saturated heterocycles. The van der Waals surface area contributed by atoms with Crippen molar-refractivity contribution < 1.29 is 0 Å². The standard InChI is InChI=1S/C13H24N2/c1-13(7-2-8-14-13)10-15(12-5-6-12)9-11-3-4-11/h11-12,14H,2-10H2,1H3. The third-order valence-corrected chi connectivity index (χ3v) is 4.26. The molecule has 15 heavy (non-hydrogen) atoms. The first-order chi connectivity index (χ1) is 7.25. The largest absolute Gasteiger partial charge is 0.310 e. The van der Waals surface area contributed by atoms with Gasteiger partial charge in [0.05, 0.1) is 0 Å². The molecule has 2 heteroatoms. The Labute approximate surface area is 93.4 Å². The van der Waals surface area contributed by atoms with E-state index in [1.165, 1.54) is 58.2 Å². The Balaban J connectivity index is 1.56. The Hall–Kier alpha value is -0.0800. The average Bonchev–Trinajstić information content (AvgIpc) is 3.07. The van der Waals surface area contributed by atoms with Gasteiger partial charge in [-0.15, -0.1) is 0 Å². The monoisotopic (exact) mass is 208 g/mol. The van der Waals surface area contributed by atoms with Crippen molar-refractivity contribution in [3.05, 3.63) is 0 Å². The smallest absolute Gasteiger partial charge is 0.0281 e. The number of hydrogen-bond donors (Lipinski definition) is 1. The maximum atomic E-state index is 3.70. The van der Waals surface area contributed by atoms with E-state index in [2.05, 4.69) is 17.1 Å². The summed E-state index contributed by atoms with van der Waals surface area (Å²) in [5.41, 5.74) is 0.428. The highest BCUT2D eigenvalue weighted by Gasteiger charge is 2.38. The summed E-state index contributed by atoms with van der Waals surface area (Å²) >= 11 is 0. The van der Waals surface area contributed by atoms with E-state index in [1.807, 2.05) is 0 Å². The van der Waals surface area contributed by atoms with Gasteiger partial charge in [0.15, 0.2) is 0 Å². The van der Waals surface area contributed by atoms with Crippen LogP contribution >= 0.6 is 0 Å². The van der Waals surface area contributed by atoms with Crippen LogP contribution in [0.5, 0.6) is 0 Å². The molecule has 0 spiro atoms. The Morgan fingerprint density at radius 3 is 2.60 bits per heavy atom. The molecule has 3 aliphatic rings. The summed E-state index contributed by atoms with van der Waals surface area (Å²) in [5, 5.41) is 3.70. The zero-order valence-corrected chi connectivity index (χ0v) is 9.97. The molecule has 0 amide bonds. The van der Waals surface area contributed by atoms with Gasteiger partial charge in [-0.05, 0) is 57.9 Å². The van der Waals surface area contributed by atoms with Crippen LogP contribution in [0.4, 0.5) is 0 Å². The zero-order valence-electron chi connectivity index (χ0n) is 9.97. The first-order valence-corrected chi connectivity index (χ1v) is 6.74. The van der Waals surface area contributed by atoms with Crippen LogP contribution in [0.25, 0.3) is 0 Å². The summed E-state index contributed by atoms with van der Waals surface area (Å²) in [6, 6.07) is 0.949. The van der Waals surface area contributed by atoms with Crippen molar-refractivity contribution in [2.75, 3.05) is 19.6 Å². The van der Waals surface area contributed by atoms with Gasteiger partial charge in [-0.3, -0.25) is 4.90 Å². The van der Waals surface area contributed by atoms with E-state index in [-0.39, 0.29) is 0 Å². The maximum Gasteiger partial charge on any atom is 0.0281 e. The molecule has 1 heterocycles. The topological polar surface area (TPSA) is 15.3 Å². The van der Waals surface area contributed by atoms with Gasteiger partial charge in [-0.2, -0.15) is 0 Å². The second-order valence-electron chi connectivity index (χ2n) is 6.19. The van der Waals surface area contributed by atoms with Gasteiger partial charge in [-0.1, -0.05) is 0 Å². The molecule has 0 aromatic rings. The Morgan fingerprint density at radius 2 is 2.07 bits per heavy atom. The van der Waals surface area contributed by atoms with E-state index >= 15 is 0 Å². The van der Waals surface area contributed by atoms with Crippen molar-refractivity contribution in [1.29, 1.82) is 0 Å². The molecule has 0 aromatic heterocycles. The lowest BCUT2D eigenvalue weighted by Crippen LogP contribution is -2.48. The highest BCUT2D eigenvalue weighted by Crippen LogP contribution is 2.36. The van der Waals surface area contributed by atoms with E-state index in [1.54, 1.807) is 0 Å². The zero-order chi connectivity index (χ0) is 10.3. The van der Waals surface area contributed by atoms with Crippen molar-refractivity contribution in [1.82, 2.24) is 10.2 Å². The quantitative estimate of drug-likeness (QED) is 0.743. The third-order valence-electron chi connectivity index (χ3n) is 4.26. The lowest BCUT2D eigenvalue weighted by molar-refractivity contribution is 0.188. The molecule has 1 unspecified atom stereocenters. The van der Waals surface area contributed by atoms with E-state index in [9.17, 15) is 0 Å². The van der Waals surface area contributed by atoms with Crippen LogP contribution in [-0.4, -0.2) is 36.1 Å². The number of nitrogens with one attached hydrogen (secondary N) is 1. The molecule has 86 valence electrons. The summed E-state index contributed by atoms with van der Waals surface area (Å²) in [6.45, 7) is 6.34. The summed E-state index contributed by atoms with van der Waals surface area (Å²) in [4.78, 5) is 2.79. The van der Waals surface area contributed by atoms with Crippen LogP contribution in [0.3, 0.4) is 0 Å². The van der Waals surface area contributed by atoms with Crippen LogP contribution < -0.4 is 5.32 Å². The minimum absolute atomic E-state index is 0.428. The van der Waals surface area contributed by atoms with Gasteiger partial charge in [0.25, 0.3) is 0 Å². The van der Waals surface area contributed by atoms with Gasteiger partial charge in [0.1, 0.15) is 0 Å². The molecule has 1 N–H and O–H groups in total. The van der Waals surface area contributed by atoms with Crippen LogP contribution in [0.15, 0.2) is 0 Å². The minimum Gasteiger partial charge on any atom is -0.310 e. The second-order valence-corrected chi connectivity index (χ2v) is 6.19. The number of hydrogen-bond acceptors (Lipinski definition) is 2. The van der Waals surface area contributed by atoms with Crippen LogP contribution in [0, 0.1) is 5.92 Å². The highest BCUT2D eigenvalue weighted by atomic mass is 15.2. The Kier molecular flexibility index (Phi) is 2.52. The molecular weight excluding hydrogens is 184 g/mol. The average molecular weight is 208 g/mol. The summed E-state index contributed by atoms with van der Waals surface area (Å²) in [5.74, 6) is 1.05. The van der Waals surface area contributed by atoms with Crippen LogP contribution in [0.1, 0.15) is 45.4 Å². The van der Waals surface area contributed by atoms with E-state index in [0.29, 0.717) is 5.54 Å². The number of nitrogens with zero attached hydrogens (tertiary/aromatic N) is 1. The van der Waals surface area contributed by atoms with Gasteiger partial charge >= 0.3 is 0 Å². The molecule has 0 aromatic carbocycles. The highest BCUT2D eigenvalue weighted by molar-refractivity contribution is 4.97. The molecule has 2 nitrogen and oxygen atoms in total. The van der Waals surface area contributed by atoms with Crippen molar-refractivity contribution >= 4 is 0 Å². The van der Waals surface area contributed by atoms with Crippen LogP contribution in [-0.2, 0) is 0 Å². The number of rotatable bonds is 5. The molecule has 0 bridgehead atoms. The van der Waals surface area contributed by atoms with Crippen molar-refractivity contribution in [2.45, 2.75) is 57.0 Å². The molecular formula is C13H24N2. The first kappa shape index (κ1) is 10.1. The Morgan fingerprint density at radius 1 is 1.27 bits per heavy atom. The van der Waals surface area contributed by atoms with Gasteiger partial charge in [0, 0.05) is 24.7 Å². The van der Waals surface area contributed by atoms with Gasteiger partial charge in [0.2, 0.25) is 0 Å². The van der Waals surface area contributed by atoms with Crippen molar-refractivity contribution in [3.63, 3.8) is 0 Å². The lowest BCUT2D eigenvalue weighted by atomic mass is 9.99. The Bertz CT molecular complexity index is 225. The lowest BCUT2D eigenvalue weighted by Gasteiger charge is -2.33. The predicted octanol–water partition coefficient (Wildman–Crippen LogP) is 2.00. The summed E-state index contributed by atoms with van der Waals surface area (Å²) < 4.78 is 0. The second kappa shape index (κ2) is 3.74. The SMILES string of the molecule is CC1(CN(CC2CC2)C2CC2)CCCN1.